The number of carbonyl (C=O) groups excluding carboxylic acids is 2. The molecule has 0 saturated heterocycles. The van der Waals surface area contributed by atoms with E-state index in [1.165, 1.54) is 13.2 Å². The standard InChI is InChI=1S/C22H27NO5/c1-6-28-17-9-13(7-8-15(17)24)19-18(21(26)27-5)12(2)23-14-10-22(3,4)11-16(25)20(14)19/h7-9,19,23-24H,6,10-11H2,1-5H3/t19-/m1/s1. The number of carbonyl (C=O) groups is 2. The normalized spacial score (nSPS) is 21.2. The zero-order valence-corrected chi connectivity index (χ0v) is 17.0. The number of dihydropyridines is 1. The molecule has 1 aliphatic carbocycles. The van der Waals surface area contributed by atoms with Crippen molar-refractivity contribution < 1.29 is 24.2 Å². The molecule has 0 radical (unpaired) electrons. The van der Waals surface area contributed by atoms with Crippen LogP contribution in [0.4, 0.5) is 0 Å². The van der Waals surface area contributed by atoms with Crippen LogP contribution in [0.2, 0.25) is 0 Å². The zero-order valence-electron chi connectivity index (χ0n) is 17.0. The second-order valence-corrected chi connectivity index (χ2v) is 8.08. The smallest absolute Gasteiger partial charge is 0.336 e. The van der Waals surface area contributed by atoms with Gasteiger partial charge in [0.15, 0.2) is 17.3 Å². The van der Waals surface area contributed by atoms with Gasteiger partial charge in [0.25, 0.3) is 0 Å². The summed E-state index contributed by atoms with van der Waals surface area (Å²) in [5.41, 5.74) is 3.08. The fraction of sp³-hybridized carbons (Fsp3) is 0.455. The lowest BCUT2D eigenvalue weighted by Gasteiger charge is -2.39. The summed E-state index contributed by atoms with van der Waals surface area (Å²) in [5.74, 6) is -0.683. The Morgan fingerprint density at radius 1 is 1.32 bits per heavy atom. The van der Waals surface area contributed by atoms with Gasteiger partial charge >= 0.3 is 5.97 Å². The zero-order chi connectivity index (χ0) is 20.6. The second kappa shape index (κ2) is 7.34. The van der Waals surface area contributed by atoms with Crippen molar-refractivity contribution >= 4 is 11.8 Å². The Bertz CT molecular complexity index is 894. The van der Waals surface area contributed by atoms with Gasteiger partial charge in [-0.15, -0.1) is 0 Å². The fourth-order valence-corrected chi connectivity index (χ4v) is 4.13. The highest BCUT2D eigenvalue weighted by Crippen LogP contribution is 2.47. The maximum Gasteiger partial charge on any atom is 0.336 e. The van der Waals surface area contributed by atoms with Crippen molar-refractivity contribution in [2.45, 2.75) is 46.5 Å². The number of rotatable bonds is 4. The van der Waals surface area contributed by atoms with E-state index < -0.39 is 11.9 Å². The lowest BCUT2D eigenvalue weighted by atomic mass is 9.68. The van der Waals surface area contributed by atoms with Gasteiger partial charge in [0, 0.05) is 29.3 Å². The molecule has 28 heavy (non-hydrogen) atoms. The van der Waals surface area contributed by atoms with Crippen molar-refractivity contribution in [1.29, 1.82) is 0 Å². The minimum Gasteiger partial charge on any atom is -0.504 e. The summed E-state index contributed by atoms with van der Waals surface area (Å²) < 4.78 is 10.5. The van der Waals surface area contributed by atoms with E-state index in [4.69, 9.17) is 9.47 Å². The predicted molar refractivity (Wildman–Crippen MR) is 105 cm³/mol. The van der Waals surface area contributed by atoms with E-state index in [1.54, 1.807) is 12.1 Å². The highest BCUT2D eigenvalue weighted by molar-refractivity contribution is 6.04. The van der Waals surface area contributed by atoms with Crippen molar-refractivity contribution in [3.63, 3.8) is 0 Å². The Kier molecular flexibility index (Phi) is 5.24. The van der Waals surface area contributed by atoms with Crippen molar-refractivity contribution in [3.8, 4) is 11.5 Å². The molecule has 2 N–H and O–H groups in total. The molecule has 0 bridgehead atoms. The molecule has 0 fully saturated rings. The van der Waals surface area contributed by atoms with E-state index in [2.05, 4.69) is 19.2 Å². The molecule has 1 aliphatic heterocycles. The van der Waals surface area contributed by atoms with Crippen LogP contribution >= 0.6 is 0 Å². The van der Waals surface area contributed by atoms with Gasteiger partial charge < -0.3 is 19.9 Å². The molecule has 0 aromatic heterocycles. The van der Waals surface area contributed by atoms with Crippen molar-refractivity contribution in [2.24, 2.45) is 5.41 Å². The maximum atomic E-state index is 13.1. The summed E-state index contributed by atoms with van der Waals surface area (Å²) in [6.45, 7) is 8.16. The van der Waals surface area contributed by atoms with Gasteiger partial charge in [-0.05, 0) is 43.4 Å². The number of benzene rings is 1. The molecule has 6 heteroatoms. The van der Waals surface area contributed by atoms with Gasteiger partial charge in [0.2, 0.25) is 0 Å². The van der Waals surface area contributed by atoms with Gasteiger partial charge in [0.05, 0.1) is 19.3 Å². The van der Waals surface area contributed by atoms with Gasteiger partial charge in [-0.3, -0.25) is 4.79 Å². The molecule has 1 atom stereocenters. The maximum absolute atomic E-state index is 13.1. The molecular formula is C22H27NO5. The molecule has 1 aromatic rings. The number of phenols is 1. The average Bonchev–Trinajstić information content (AvgIpc) is 2.61. The molecule has 6 nitrogen and oxygen atoms in total. The number of phenolic OH excluding ortho intramolecular Hbond substituents is 1. The van der Waals surface area contributed by atoms with Crippen LogP contribution in [0.1, 0.15) is 52.0 Å². The van der Waals surface area contributed by atoms with E-state index in [-0.39, 0.29) is 16.9 Å². The summed E-state index contributed by atoms with van der Waals surface area (Å²) in [4.78, 5) is 25.7. The number of ketones is 1. The summed E-state index contributed by atoms with van der Waals surface area (Å²) in [6.07, 6.45) is 1.13. The Morgan fingerprint density at radius 2 is 2.04 bits per heavy atom. The molecule has 0 unspecified atom stereocenters. The molecular weight excluding hydrogens is 358 g/mol. The van der Waals surface area contributed by atoms with Crippen molar-refractivity contribution in [3.05, 3.63) is 46.3 Å². The van der Waals surface area contributed by atoms with Crippen LogP contribution in [0.3, 0.4) is 0 Å². The Hall–Kier alpha value is -2.76. The number of esters is 1. The number of aromatic hydroxyl groups is 1. The topological polar surface area (TPSA) is 84.9 Å². The minimum absolute atomic E-state index is 0.0173. The quantitative estimate of drug-likeness (QED) is 0.771. The fourth-order valence-electron chi connectivity index (χ4n) is 4.13. The summed E-state index contributed by atoms with van der Waals surface area (Å²) >= 11 is 0. The highest BCUT2D eigenvalue weighted by Gasteiger charge is 2.43. The monoisotopic (exact) mass is 385 g/mol. The van der Waals surface area contributed by atoms with E-state index in [0.29, 0.717) is 47.6 Å². The molecule has 3 rings (SSSR count). The van der Waals surface area contributed by atoms with Crippen LogP contribution in [-0.2, 0) is 14.3 Å². The minimum atomic E-state index is -0.563. The van der Waals surface area contributed by atoms with E-state index >= 15 is 0 Å². The summed E-state index contributed by atoms with van der Waals surface area (Å²) in [7, 11) is 1.33. The van der Waals surface area contributed by atoms with Gasteiger partial charge in [-0.25, -0.2) is 4.79 Å². The molecule has 0 saturated carbocycles. The average molecular weight is 385 g/mol. The summed E-state index contributed by atoms with van der Waals surface area (Å²) in [5, 5.41) is 13.3. The molecule has 2 aliphatic rings. The first-order chi connectivity index (χ1) is 13.2. The highest BCUT2D eigenvalue weighted by atomic mass is 16.5. The number of Topliss-reactive ketones (excluding diaryl/α,β-unsaturated/α-hetero) is 1. The molecule has 1 heterocycles. The Balaban J connectivity index is 2.21. The van der Waals surface area contributed by atoms with Gasteiger partial charge in [-0.2, -0.15) is 0 Å². The molecule has 150 valence electrons. The predicted octanol–water partition coefficient (Wildman–Crippen LogP) is 3.57. The third-order valence-electron chi connectivity index (χ3n) is 5.26. The van der Waals surface area contributed by atoms with Crippen molar-refractivity contribution in [2.75, 3.05) is 13.7 Å². The SMILES string of the molecule is CCOc1cc([C@@H]2C(C(=O)OC)=C(C)NC3=C2C(=O)CC(C)(C)C3)ccc1O. The number of hydrogen-bond donors (Lipinski definition) is 2. The Morgan fingerprint density at radius 3 is 2.68 bits per heavy atom. The van der Waals surface area contributed by atoms with Crippen LogP contribution in [-0.4, -0.2) is 30.6 Å². The molecule has 0 spiro atoms. The number of allylic oxidation sites excluding steroid dienone is 3. The molecule has 0 amide bonds. The van der Waals surface area contributed by atoms with E-state index in [9.17, 15) is 14.7 Å². The largest absolute Gasteiger partial charge is 0.504 e. The third-order valence-corrected chi connectivity index (χ3v) is 5.26. The number of nitrogens with one attached hydrogen (secondary N) is 1. The second-order valence-electron chi connectivity index (χ2n) is 8.08. The number of ether oxygens (including phenoxy) is 2. The number of hydrogen-bond acceptors (Lipinski definition) is 6. The first kappa shape index (κ1) is 20.0. The van der Waals surface area contributed by atoms with Crippen LogP contribution < -0.4 is 10.1 Å². The van der Waals surface area contributed by atoms with Gasteiger partial charge in [-0.1, -0.05) is 19.9 Å². The number of methoxy groups -OCH3 is 1. The first-order valence-electron chi connectivity index (χ1n) is 9.46. The summed E-state index contributed by atoms with van der Waals surface area (Å²) in [6, 6.07) is 4.95. The van der Waals surface area contributed by atoms with Crippen LogP contribution in [0.5, 0.6) is 11.5 Å². The van der Waals surface area contributed by atoms with Crippen LogP contribution in [0.25, 0.3) is 0 Å². The van der Waals surface area contributed by atoms with Gasteiger partial charge in [0.1, 0.15) is 0 Å². The molecule has 1 aromatic carbocycles. The van der Waals surface area contributed by atoms with E-state index in [0.717, 1.165) is 5.70 Å². The lowest BCUT2D eigenvalue weighted by Crippen LogP contribution is -2.38. The van der Waals surface area contributed by atoms with Crippen LogP contribution in [0.15, 0.2) is 40.7 Å². The third kappa shape index (κ3) is 3.51. The van der Waals surface area contributed by atoms with Crippen molar-refractivity contribution in [1.82, 2.24) is 5.32 Å². The lowest BCUT2D eigenvalue weighted by molar-refractivity contribution is -0.136. The first-order valence-corrected chi connectivity index (χ1v) is 9.46. The Labute approximate surface area is 165 Å². The van der Waals surface area contributed by atoms with Crippen LogP contribution in [0, 0.1) is 5.41 Å². The van der Waals surface area contributed by atoms with E-state index in [1.807, 2.05) is 13.8 Å².